The van der Waals surface area contributed by atoms with E-state index in [9.17, 15) is 9.59 Å². The maximum Gasteiger partial charge on any atom is 0.254 e. The molecule has 222 valence electrons. The van der Waals surface area contributed by atoms with E-state index in [0.717, 1.165) is 47.8 Å². The van der Waals surface area contributed by atoms with E-state index < -0.39 is 0 Å². The normalized spacial score (nSPS) is 28.8. The summed E-state index contributed by atoms with van der Waals surface area (Å²) in [6.07, 6.45) is 6.44. The fourth-order valence-electron chi connectivity index (χ4n) is 7.36. The van der Waals surface area contributed by atoms with Crippen molar-refractivity contribution in [3.05, 3.63) is 49.9 Å². The van der Waals surface area contributed by atoms with Crippen LogP contribution in [-0.2, 0) is 11.3 Å². The average Bonchev–Trinajstić information content (AvgIpc) is 3.40. The molecule has 2 saturated carbocycles. The highest BCUT2D eigenvalue weighted by molar-refractivity contribution is 7.98. The Bertz CT molecular complexity index is 1360. The second-order valence-corrected chi connectivity index (χ2v) is 13.4. The van der Waals surface area contributed by atoms with Gasteiger partial charge in [-0.05, 0) is 81.6 Å². The summed E-state index contributed by atoms with van der Waals surface area (Å²) >= 11 is 8.07. The number of rotatable bonds is 8. The molecule has 10 heteroatoms. The topological polar surface area (TPSA) is 92.9 Å². The SMILES string of the molecule is COC[C@@H]1[C@H]2CN(C3CCC([C@H]4COc5c(Cl)cc(C(=O)NCc6c(SC)cc(C)[nH]c6=O)c(C)c5O4)CC3)C[C@@H]12. The second-order valence-electron chi connectivity index (χ2n) is 12.1. The Morgan fingerprint density at radius 3 is 2.59 bits per heavy atom. The van der Waals surface area contributed by atoms with Gasteiger partial charge in [-0.25, -0.2) is 0 Å². The van der Waals surface area contributed by atoms with Gasteiger partial charge in [-0.3, -0.25) is 14.5 Å². The zero-order chi connectivity index (χ0) is 28.8. The van der Waals surface area contributed by atoms with Crippen molar-refractivity contribution in [1.29, 1.82) is 0 Å². The number of thioether (sulfide) groups is 1. The molecule has 6 rings (SSSR count). The molecule has 4 aliphatic rings. The van der Waals surface area contributed by atoms with Crippen molar-refractivity contribution in [2.24, 2.45) is 23.7 Å². The minimum Gasteiger partial charge on any atom is -0.484 e. The lowest BCUT2D eigenvalue weighted by molar-refractivity contribution is 0.0198. The van der Waals surface area contributed by atoms with Gasteiger partial charge < -0.3 is 24.5 Å². The zero-order valence-electron chi connectivity index (χ0n) is 24.3. The van der Waals surface area contributed by atoms with Crippen LogP contribution in [0.4, 0.5) is 0 Å². The molecule has 2 aliphatic heterocycles. The average molecular weight is 602 g/mol. The number of hydrogen-bond donors (Lipinski definition) is 2. The Hall–Kier alpha value is -2.20. The highest BCUT2D eigenvalue weighted by Crippen LogP contribution is 2.53. The van der Waals surface area contributed by atoms with E-state index in [-0.39, 0.29) is 24.1 Å². The fourth-order valence-corrected chi connectivity index (χ4v) is 8.31. The van der Waals surface area contributed by atoms with Crippen LogP contribution in [0.25, 0.3) is 0 Å². The van der Waals surface area contributed by atoms with Crippen molar-refractivity contribution in [3.63, 3.8) is 0 Å². The molecule has 0 radical (unpaired) electrons. The Kier molecular flexibility index (Phi) is 8.33. The molecule has 0 unspecified atom stereocenters. The third-order valence-electron chi connectivity index (χ3n) is 9.76. The number of halogens is 1. The third kappa shape index (κ3) is 5.63. The maximum absolute atomic E-state index is 13.3. The Balaban J connectivity index is 1.09. The number of methoxy groups -OCH3 is 1. The van der Waals surface area contributed by atoms with E-state index in [0.29, 0.717) is 51.8 Å². The number of aryl methyl sites for hydroxylation is 1. The maximum atomic E-state index is 13.3. The molecular weight excluding hydrogens is 562 g/mol. The van der Waals surface area contributed by atoms with Crippen LogP contribution >= 0.6 is 23.4 Å². The highest BCUT2D eigenvalue weighted by atomic mass is 35.5. The number of ether oxygens (including phenoxy) is 3. The molecule has 3 heterocycles. The molecule has 1 amide bonds. The number of aromatic nitrogens is 1. The smallest absolute Gasteiger partial charge is 0.254 e. The number of nitrogens with one attached hydrogen (secondary N) is 2. The molecule has 3 fully saturated rings. The lowest BCUT2D eigenvalue weighted by Gasteiger charge is -2.40. The monoisotopic (exact) mass is 601 g/mol. The van der Waals surface area contributed by atoms with E-state index in [1.165, 1.54) is 37.7 Å². The van der Waals surface area contributed by atoms with Crippen molar-refractivity contribution < 1.29 is 19.0 Å². The first-order valence-electron chi connectivity index (χ1n) is 14.7. The molecule has 0 bridgehead atoms. The summed E-state index contributed by atoms with van der Waals surface area (Å²) in [4.78, 5) is 32.2. The lowest BCUT2D eigenvalue weighted by Crippen LogP contribution is -2.43. The van der Waals surface area contributed by atoms with Crippen molar-refractivity contribution in [3.8, 4) is 11.5 Å². The minimum atomic E-state index is -0.304. The van der Waals surface area contributed by atoms with Crippen LogP contribution in [0.2, 0.25) is 5.02 Å². The predicted octanol–water partition coefficient (Wildman–Crippen LogP) is 4.82. The first kappa shape index (κ1) is 28.9. The summed E-state index contributed by atoms with van der Waals surface area (Å²) in [5.74, 6) is 3.62. The quantitative estimate of drug-likeness (QED) is 0.419. The molecule has 1 saturated heterocycles. The van der Waals surface area contributed by atoms with Crippen molar-refractivity contribution in [2.75, 3.05) is 39.7 Å². The van der Waals surface area contributed by atoms with Crippen LogP contribution in [0.3, 0.4) is 0 Å². The first-order chi connectivity index (χ1) is 19.8. The van der Waals surface area contributed by atoms with Crippen molar-refractivity contribution >= 4 is 29.3 Å². The number of piperidine rings is 1. The summed E-state index contributed by atoms with van der Waals surface area (Å²) in [7, 11) is 1.81. The number of amides is 1. The molecular formula is C31H40ClN3O5S. The number of likely N-dealkylation sites (tertiary alicyclic amines) is 1. The first-order valence-corrected chi connectivity index (χ1v) is 16.3. The molecule has 1 aromatic heterocycles. The summed E-state index contributed by atoms with van der Waals surface area (Å²) < 4.78 is 18.1. The number of carbonyl (C=O) groups is 1. The van der Waals surface area contributed by atoms with E-state index >= 15 is 0 Å². The van der Waals surface area contributed by atoms with Gasteiger partial charge in [0.05, 0.1) is 5.02 Å². The van der Waals surface area contributed by atoms with Crippen molar-refractivity contribution in [2.45, 2.75) is 63.1 Å². The minimum absolute atomic E-state index is 0.0650. The number of aromatic amines is 1. The number of benzene rings is 1. The van der Waals surface area contributed by atoms with Crippen LogP contribution < -0.4 is 20.3 Å². The largest absolute Gasteiger partial charge is 0.484 e. The number of pyridine rings is 1. The van der Waals surface area contributed by atoms with Crippen LogP contribution in [0.1, 0.15) is 52.9 Å². The summed E-state index contributed by atoms with van der Waals surface area (Å²) in [5.41, 5.74) is 2.26. The molecule has 2 N–H and O–H groups in total. The summed E-state index contributed by atoms with van der Waals surface area (Å²) in [5, 5.41) is 3.26. The Morgan fingerprint density at radius 1 is 1.17 bits per heavy atom. The van der Waals surface area contributed by atoms with Crippen LogP contribution in [0, 0.1) is 37.5 Å². The van der Waals surface area contributed by atoms with Crippen LogP contribution in [0.5, 0.6) is 11.5 Å². The van der Waals surface area contributed by atoms with Crippen molar-refractivity contribution in [1.82, 2.24) is 15.2 Å². The number of nitrogens with zero attached hydrogens (tertiary/aromatic N) is 1. The highest BCUT2D eigenvalue weighted by Gasteiger charge is 2.56. The van der Waals surface area contributed by atoms with Gasteiger partial charge in [-0.15, -0.1) is 11.8 Å². The fraction of sp³-hybridized carbons (Fsp3) is 0.613. The molecule has 4 atom stereocenters. The Labute approximate surface area is 250 Å². The molecule has 2 aromatic rings. The van der Waals surface area contributed by atoms with Crippen LogP contribution in [-0.4, -0.2) is 67.6 Å². The molecule has 0 spiro atoms. The van der Waals surface area contributed by atoms with Gasteiger partial charge in [0.25, 0.3) is 11.5 Å². The standard InChI is InChI=1S/C31H40ClN3O5S/c1-16-9-27(41-4)21(31(37)34-16)11-33-30(36)20-10-25(32)29-28(17(20)2)40-26(15-39-29)18-5-7-19(8-6-18)35-12-22-23(13-35)24(22)14-38-3/h9-10,18-19,22-24,26H,5-8,11-15H2,1-4H3,(H,33,36)(H,34,37)/t18?,19?,22-,23+,24+,26-/m1/s1. The van der Waals surface area contributed by atoms with E-state index in [1.54, 1.807) is 6.07 Å². The lowest BCUT2D eigenvalue weighted by atomic mass is 9.82. The number of carbonyl (C=O) groups excluding carboxylic acids is 1. The van der Waals surface area contributed by atoms with Gasteiger partial charge in [0.15, 0.2) is 11.5 Å². The number of hydrogen-bond acceptors (Lipinski definition) is 7. The van der Waals surface area contributed by atoms with Gasteiger partial charge in [0.2, 0.25) is 0 Å². The van der Waals surface area contributed by atoms with E-state index in [1.807, 2.05) is 33.3 Å². The van der Waals surface area contributed by atoms with Gasteiger partial charge in [0.1, 0.15) is 12.7 Å². The summed E-state index contributed by atoms with van der Waals surface area (Å²) in [6, 6.07) is 4.21. The summed E-state index contributed by atoms with van der Waals surface area (Å²) in [6.45, 7) is 7.66. The second kappa shape index (κ2) is 11.8. The van der Waals surface area contributed by atoms with Crippen LogP contribution in [0.15, 0.2) is 21.8 Å². The molecule has 41 heavy (non-hydrogen) atoms. The molecule has 2 aliphatic carbocycles. The predicted molar refractivity (Wildman–Crippen MR) is 161 cm³/mol. The number of fused-ring (bicyclic) bond motifs is 2. The third-order valence-corrected chi connectivity index (χ3v) is 10.8. The van der Waals surface area contributed by atoms with Gasteiger partial charge in [-0.2, -0.15) is 0 Å². The van der Waals surface area contributed by atoms with Gasteiger partial charge >= 0.3 is 0 Å². The molecule has 8 nitrogen and oxygen atoms in total. The Morgan fingerprint density at radius 2 is 1.90 bits per heavy atom. The van der Waals surface area contributed by atoms with Gasteiger partial charge in [0, 0.05) is 66.7 Å². The number of H-pyrrole nitrogens is 1. The van der Waals surface area contributed by atoms with Gasteiger partial charge in [-0.1, -0.05) is 11.6 Å². The van der Waals surface area contributed by atoms with E-state index in [2.05, 4.69) is 15.2 Å². The molecule has 1 aromatic carbocycles. The van der Waals surface area contributed by atoms with E-state index in [4.69, 9.17) is 25.8 Å². The zero-order valence-corrected chi connectivity index (χ0v) is 25.8.